The highest BCUT2D eigenvalue weighted by atomic mass is 32.1. The maximum Gasteiger partial charge on any atom is 0.260 e. The van der Waals surface area contributed by atoms with E-state index in [4.69, 9.17) is 4.98 Å². The molecule has 0 saturated carbocycles. The molecule has 3 aromatic heterocycles. The first-order valence-electron chi connectivity index (χ1n) is 10.5. The number of aryl methyl sites for hydroxylation is 2. The van der Waals surface area contributed by atoms with E-state index < -0.39 is 0 Å². The van der Waals surface area contributed by atoms with Crippen molar-refractivity contribution in [2.75, 3.05) is 5.32 Å². The predicted octanol–water partition coefficient (Wildman–Crippen LogP) is 5.27. The van der Waals surface area contributed by atoms with Gasteiger partial charge in [0.25, 0.3) is 5.91 Å². The zero-order valence-electron chi connectivity index (χ0n) is 18.5. The maximum atomic E-state index is 13.2. The Kier molecular flexibility index (Phi) is 5.35. The molecule has 33 heavy (non-hydrogen) atoms. The number of benzene rings is 2. The standard InChI is InChI=1S/C25H22N6OS/c1-16-9-7-8-12-20(16)31-17(2)19(15-27-31)24(32)29-25-28-21(18-10-5-4-6-11-18)22(33-25)23-26-13-14-30(23)3/h4-15H,1-3H3,(H,28,29,32). The molecule has 7 nitrogen and oxygen atoms in total. The van der Waals surface area contributed by atoms with Gasteiger partial charge in [0.15, 0.2) is 11.0 Å². The zero-order valence-corrected chi connectivity index (χ0v) is 19.3. The molecule has 0 saturated heterocycles. The number of thiazole rings is 1. The van der Waals surface area contributed by atoms with Gasteiger partial charge in [0, 0.05) is 25.0 Å². The third-order valence-electron chi connectivity index (χ3n) is 5.52. The number of amides is 1. The topological polar surface area (TPSA) is 77.6 Å². The third kappa shape index (κ3) is 3.85. The van der Waals surface area contributed by atoms with Crippen LogP contribution < -0.4 is 5.32 Å². The summed E-state index contributed by atoms with van der Waals surface area (Å²) in [4.78, 5) is 23.3. The highest BCUT2D eigenvalue weighted by molar-refractivity contribution is 7.19. The first-order valence-corrected chi connectivity index (χ1v) is 11.3. The van der Waals surface area contributed by atoms with Crippen LogP contribution in [0.1, 0.15) is 21.6 Å². The number of carbonyl (C=O) groups excluding carboxylic acids is 1. The number of nitrogens with zero attached hydrogens (tertiary/aromatic N) is 5. The molecule has 0 fully saturated rings. The van der Waals surface area contributed by atoms with E-state index in [0.29, 0.717) is 10.7 Å². The molecule has 2 aromatic carbocycles. The highest BCUT2D eigenvalue weighted by Gasteiger charge is 2.21. The van der Waals surface area contributed by atoms with Gasteiger partial charge in [-0.3, -0.25) is 10.1 Å². The minimum Gasteiger partial charge on any atom is -0.333 e. The normalized spacial score (nSPS) is 11.0. The number of imidazole rings is 1. The lowest BCUT2D eigenvalue weighted by Crippen LogP contribution is -2.13. The molecule has 3 heterocycles. The fourth-order valence-electron chi connectivity index (χ4n) is 3.74. The van der Waals surface area contributed by atoms with Crippen molar-refractivity contribution in [2.24, 2.45) is 7.05 Å². The fraction of sp³-hybridized carbons (Fsp3) is 0.120. The summed E-state index contributed by atoms with van der Waals surface area (Å²) in [6.07, 6.45) is 5.25. The summed E-state index contributed by atoms with van der Waals surface area (Å²) in [5.74, 6) is 0.558. The smallest absolute Gasteiger partial charge is 0.260 e. The first-order chi connectivity index (χ1) is 16.0. The second-order valence-electron chi connectivity index (χ2n) is 7.72. The summed E-state index contributed by atoms with van der Waals surface area (Å²) < 4.78 is 3.74. The molecule has 0 aliphatic rings. The van der Waals surface area contributed by atoms with E-state index in [1.165, 1.54) is 11.3 Å². The molecule has 164 valence electrons. The summed E-state index contributed by atoms with van der Waals surface area (Å²) in [5, 5.41) is 7.94. The van der Waals surface area contributed by atoms with Crippen molar-refractivity contribution < 1.29 is 4.79 Å². The van der Waals surface area contributed by atoms with Crippen LogP contribution in [0.3, 0.4) is 0 Å². The minimum absolute atomic E-state index is 0.243. The fourth-order valence-corrected chi connectivity index (χ4v) is 4.76. The Morgan fingerprint density at radius 1 is 1.03 bits per heavy atom. The molecule has 0 aliphatic heterocycles. The highest BCUT2D eigenvalue weighted by Crippen LogP contribution is 2.38. The van der Waals surface area contributed by atoms with Crippen LogP contribution in [-0.4, -0.2) is 30.2 Å². The van der Waals surface area contributed by atoms with E-state index in [0.717, 1.165) is 38.9 Å². The number of anilines is 1. The van der Waals surface area contributed by atoms with Crippen LogP contribution in [0, 0.1) is 13.8 Å². The van der Waals surface area contributed by atoms with Gasteiger partial charge in [-0.1, -0.05) is 59.9 Å². The maximum absolute atomic E-state index is 13.2. The molecular weight excluding hydrogens is 432 g/mol. The molecule has 5 rings (SSSR count). The van der Waals surface area contributed by atoms with Crippen molar-refractivity contribution in [3.05, 3.63) is 90.0 Å². The van der Waals surface area contributed by atoms with Crippen LogP contribution in [0.4, 0.5) is 5.13 Å². The van der Waals surface area contributed by atoms with Crippen LogP contribution in [0.5, 0.6) is 0 Å². The van der Waals surface area contributed by atoms with Crippen molar-refractivity contribution in [3.63, 3.8) is 0 Å². The van der Waals surface area contributed by atoms with Gasteiger partial charge < -0.3 is 4.57 Å². The minimum atomic E-state index is -0.243. The monoisotopic (exact) mass is 454 g/mol. The Morgan fingerprint density at radius 2 is 1.79 bits per heavy atom. The lowest BCUT2D eigenvalue weighted by molar-refractivity contribution is 0.102. The van der Waals surface area contributed by atoms with Crippen molar-refractivity contribution in [3.8, 4) is 27.6 Å². The van der Waals surface area contributed by atoms with Crippen LogP contribution in [0.2, 0.25) is 0 Å². The number of carbonyl (C=O) groups is 1. The van der Waals surface area contributed by atoms with Crippen LogP contribution in [0.15, 0.2) is 73.2 Å². The number of nitrogens with one attached hydrogen (secondary N) is 1. The molecule has 8 heteroatoms. The summed E-state index contributed by atoms with van der Waals surface area (Å²) in [7, 11) is 1.94. The number of rotatable bonds is 5. The van der Waals surface area contributed by atoms with E-state index in [9.17, 15) is 4.79 Å². The van der Waals surface area contributed by atoms with E-state index in [1.54, 1.807) is 17.1 Å². The Morgan fingerprint density at radius 3 is 2.52 bits per heavy atom. The van der Waals surface area contributed by atoms with Gasteiger partial charge in [-0.05, 0) is 25.5 Å². The van der Waals surface area contributed by atoms with E-state index >= 15 is 0 Å². The van der Waals surface area contributed by atoms with Crippen molar-refractivity contribution >= 4 is 22.4 Å². The first kappa shape index (κ1) is 20.8. The quantitative estimate of drug-likeness (QED) is 0.393. The van der Waals surface area contributed by atoms with Crippen molar-refractivity contribution in [1.82, 2.24) is 24.3 Å². The van der Waals surface area contributed by atoms with Gasteiger partial charge in [-0.25, -0.2) is 14.6 Å². The lowest BCUT2D eigenvalue weighted by Gasteiger charge is -2.08. The number of hydrogen-bond acceptors (Lipinski definition) is 5. The van der Waals surface area contributed by atoms with Crippen LogP contribution in [-0.2, 0) is 7.05 Å². The summed E-state index contributed by atoms with van der Waals surface area (Å²) >= 11 is 1.41. The summed E-state index contributed by atoms with van der Waals surface area (Å²) in [5.41, 5.74) is 5.07. The van der Waals surface area contributed by atoms with E-state index in [-0.39, 0.29) is 5.91 Å². The summed E-state index contributed by atoms with van der Waals surface area (Å²) in [6.45, 7) is 3.92. The molecule has 0 bridgehead atoms. The Balaban J connectivity index is 1.49. The average molecular weight is 455 g/mol. The summed E-state index contributed by atoms with van der Waals surface area (Å²) in [6, 6.07) is 17.9. The third-order valence-corrected chi connectivity index (χ3v) is 6.48. The molecule has 0 radical (unpaired) electrons. The van der Waals surface area contributed by atoms with Gasteiger partial charge in [-0.15, -0.1) is 0 Å². The number of hydrogen-bond donors (Lipinski definition) is 1. The Hall–Kier alpha value is -4.04. The van der Waals surface area contributed by atoms with E-state index in [1.807, 2.05) is 86.3 Å². The predicted molar refractivity (Wildman–Crippen MR) is 131 cm³/mol. The second-order valence-corrected chi connectivity index (χ2v) is 8.72. The Bertz CT molecular complexity index is 1450. The second kappa shape index (κ2) is 8.48. The van der Waals surface area contributed by atoms with Crippen LogP contribution in [0.25, 0.3) is 27.6 Å². The SMILES string of the molecule is Cc1ccccc1-n1ncc(C(=O)Nc2nc(-c3ccccc3)c(-c3nccn3C)s2)c1C. The molecule has 0 spiro atoms. The van der Waals surface area contributed by atoms with Gasteiger partial charge in [0.1, 0.15) is 0 Å². The molecule has 5 aromatic rings. The van der Waals surface area contributed by atoms with Gasteiger partial charge in [0.05, 0.1) is 33.7 Å². The largest absolute Gasteiger partial charge is 0.333 e. The molecule has 1 N–H and O–H groups in total. The average Bonchev–Trinajstić information content (AvgIpc) is 3.53. The van der Waals surface area contributed by atoms with Crippen LogP contribution >= 0.6 is 11.3 Å². The number of para-hydroxylation sites is 1. The molecule has 0 unspecified atom stereocenters. The van der Waals surface area contributed by atoms with Gasteiger partial charge in [0.2, 0.25) is 0 Å². The zero-order chi connectivity index (χ0) is 22.9. The van der Waals surface area contributed by atoms with E-state index in [2.05, 4.69) is 15.4 Å². The van der Waals surface area contributed by atoms with Gasteiger partial charge in [-0.2, -0.15) is 5.10 Å². The number of aromatic nitrogens is 5. The Labute approximate surface area is 195 Å². The van der Waals surface area contributed by atoms with Crippen molar-refractivity contribution in [2.45, 2.75) is 13.8 Å². The molecule has 1 amide bonds. The van der Waals surface area contributed by atoms with Crippen molar-refractivity contribution in [1.29, 1.82) is 0 Å². The molecule has 0 atom stereocenters. The van der Waals surface area contributed by atoms with Gasteiger partial charge >= 0.3 is 0 Å². The lowest BCUT2D eigenvalue weighted by atomic mass is 10.1. The molecule has 0 aliphatic carbocycles. The molecular formula is C25H22N6OS.